The first-order valence-corrected chi connectivity index (χ1v) is 6.91. The van der Waals surface area contributed by atoms with Crippen LogP contribution in [0.15, 0.2) is 4.52 Å². The van der Waals surface area contributed by atoms with Crippen molar-refractivity contribution < 1.29 is 14.1 Å². The zero-order valence-corrected chi connectivity index (χ0v) is 11.2. The van der Waals surface area contributed by atoms with Crippen molar-refractivity contribution in [2.75, 3.05) is 19.8 Å². The first-order chi connectivity index (χ1) is 9.24. The van der Waals surface area contributed by atoms with Gasteiger partial charge in [-0.15, -0.1) is 0 Å². The predicted molar refractivity (Wildman–Crippen MR) is 66.3 cm³/mol. The number of aromatic nitrogens is 2. The van der Waals surface area contributed by atoms with Gasteiger partial charge in [0.15, 0.2) is 5.82 Å². The number of nitrogens with zero attached hydrogens (tertiary/aromatic N) is 3. The van der Waals surface area contributed by atoms with E-state index >= 15 is 0 Å². The van der Waals surface area contributed by atoms with Crippen LogP contribution in [-0.2, 0) is 9.53 Å². The molecule has 3 rings (SSSR count). The summed E-state index contributed by atoms with van der Waals surface area (Å²) in [6.45, 7) is 3.40. The van der Waals surface area contributed by atoms with E-state index in [0.29, 0.717) is 24.2 Å². The molecule has 1 atom stereocenters. The average molecular weight is 265 g/mol. The van der Waals surface area contributed by atoms with E-state index in [2.05, 4.69) is 10.1 Å². The summed E-state index contributed by atoms with van der Waals surface area (Å²) in [5.74, 6) is 1.87. The van der Waals surface area contributed by atoms with Crippen LogP contribution in [0.5, 0.6) is 0 Å². The average Bonchev–Trinajstić information content (AvgIpc) is 2.91. The monoisotopic (exact) mass is 265 g/mol. The molecule has 1 aliphatic carbocycles. The zero-order chi connectivity index (χ0) is 13.2. The summed E-state index contributed by atoms with van der Waals surface area (Å²) in [4.78, 5) is 18.2. The normalized spacial score (nSPS) is 23.0. The van der Waals surface area contributed by atoms with Crippen LogP contribution in [0, 0.1) is 12.8 Å². The van der Waals surface area contributed by atoms with Gasteiger partial charge >= 0.3 is 0 Å². The molecule has 0 unspecified atom stereocenters. The van der Waals surface area contributed by atoms with Gasteiger partial charge in [0.1, 0.15) is 6.61 Å². The molecule has 104 valence electrons. The van der Waals surface area contributed by atoms with Gasteiger partial charge in [0.25, 0.3) is 0 Å². The fourth-order valence-electron chi connectivity index (χ4n) is 2.46. The molecule has 1 aromatic rings. The van der Waals surface area contributed by atoms with Crippen LogP contribution >= 0.6 is 0 Å². The van der Waals surface area contributed by atoms with E-state index in [9.17, 15) is 4.79 Å². The minimum Gasteiger partial charge on any atom is -0.371 e. The highest BCUT2D eigenvalue weighted by Gasteiger charge is 2.33. The van der Waals surface area contributed by atoms with Crippen molar-refractivity contribution in [1.82, 2.24) is 15.0 Å². The number of likely N-dealkylation sites (tertiary alicyclic amines) is 1. The second-order valence-electron chi connectivity index (χ2n) is 5.38. The Kier molecular flexibility index (Phi) is 3.50. The molecular weight excluding hydrogens is 246 g/mol. The molecule has 0 spiro atoms. The third kappa shape index (κ3) is 2.94. The topological polar surface area (TPSA) is 68.5 Å². The largest absolute Gasteiger partial charge is 0.371 e. The van der Waals surface area contributed by atoms with Crippen LogP contribution in [0.1, 0.15) is 43.4 Å². The third-order valence-electron chi connectivity index (χ3n) is 3.69. The SMILES string of the molecule is Cc1nc([C@H]2CCCN2C(=O)COCC2CC2)no1. The fraction of sp³-hybridized carbons (Fsp3) is 0.769. The van der Waals surface area contributed by atoms with Crippen molar-refractivity contribution in [2.24, 2.45) is 5.92 Å². The van der Waals surface area contributed by atoms with Crippen molar-refractivity contribution in [1.29, 1.82) is 0 Å². The maximum atomic E-state index is 12.2. The van der Waals surface area contributed by atoms with E-state index in [0.717, 1.165) is 19.4 Å². The third-order valence-corrected chi connectivity index (χ3v) is 3.69. The number of aryl methyl sites for hydroxylation is 1. The Hall–Kier alpha value is -1.43. The number of rotatable bonds is 5. The van der Waals surface area contributed by atoms with Gasteiger partial charge < -0.3 is 14.2 Å². The second-order valence-corrected chi connectivity index (χ2v) is 5.38. The lowest BCUT2D eigenvalue weighted by atomic mass is 10.2. The molecule has 1 aromatic heterocycles. The number of amides is 1. The number of carbonyl (C=O) groups excluding carboxylic acids is 1. The molecule has 19 heavy (non-hydrogen) atoms. The molecule has 6 heteroatoms. The van der Waals surface area contributed by atoms with Crippen LogP contribution in [0.2, 0.25) is 0 Å². The lowest BCUT2D eigenvalue weighted by molar-refractivity contribution is -0.137. The Morgan fingerprint density at radius 1 is 1.47 bits per heavy atom. The van der Waals surface area contributed by atoms with Crippen molar-refractivity contribution in [3.8, 4) is 0 Å². The Labute approximate surface area is 112 Å². The molecule has 0 N–H and O–H groups in total. The lowest BCUT2D eigenvalue weighted by Crippen LogP contribution is -2.34. The van der Waals surface area contributed by atoms with Crippen LogP contribution in [-0.4, -0.2) is 40.7 Å². The van der Waals surface area contributed by atoms with E-state index < -0.39 is 0 Å². The molecular formula is C13H19N3O3. The zero-order valence-electron chi connectivity index (χ0n) is 11.2. The number of hydrogen-bond donors (Lipinski definition) is 0. The summed E-state index contributed by atoms with van der Waals surface area (Å²) in [7, 11) is 0. The standard InChI is InChI=1S/C13H19N3O3/c1-9-14-13(15-19-9)11-3-2-6-16(11)12(17)8-18-7-10-4-5-10/h10-11H,2-8H2,1H3/t11-/m1/s1. The molecule has 1 saturated heterocycles. The molecule has 1 aliphatic heterocycles. The van der Waals surface area contributed by atoms with Gasteiger partial charge in [-0.1, -0.05) is 5.16 Å². The van der Waals surface area contributed by atoms with Crippen molar-refractivity contribution in [3.05, 3.63) is 11.7 Å². The van der Waals surface area contributed by atoms with Gasteiger partial charge in [0, 0.05) is 13.5 Å². The fourth-order valence-corrected chi connectivity index (χ4v) is 2.46. The van der Waals surface area contributed by atoms with E-state index in [4.69, 9.17) is 9.26 Å². The van der Waals surface area contributed by atoms with Crippen LogP contribution in [0.25, 0.3) is 0 Å². The molecule has 1 saturated carbocycles. The molecule has 0 bridgehead atoms. The van der Waals surface area contributed by atoms with Gasteiger partial charge in [0.2, 0.25) is 11.8 Å². The summed E-state index contributed by atoms with van der Waals surface area (Å²) in [5.41, 5.74) is 0. The second kappa shape index (κ2) is 5.28. The molecule has 0 radical (unpaired) electrons. The summed E-state index contributed by atoms with van der Waals surface area (Å²) < 4.78 is 10.5. The van der Waals surface area contributed by atoms with Gasteiger partial charge in [-0.3, -0.25) is 4.79 Å². The highest BCUT2D eigenvalue weighted by molar-refractivity contribution is 5.78. The smallest absolute Gasteiger partial charge is 0.249 e. The Bertz CT molecular complexity index is 456. The first-order valence-electron chi connectivity index (χ1n) is 6.91. The molecule has 0 aromatic carbocycles. The maximum absolute atomic E-state index is 12.2. The Morgan fingerprint density at radius 2 is 2.32 bits per heavy atom. The van der Waals surface area contributed by atoms with Crippen molar-refractivity contribution in [3.63, 3.8) is 0 Å². The van der Waals surface area contributed by atoms with Crippen LogP contribution in [0.3, 0.4) is 0 Å². The lowest BCUT2D eigenvalue weighted by Gasteiger charge is -2.22. The van der Waals surface area contributed by atoms with E-state index in [1.54, 1.807) is 6.92 Å². The van der Waals surface area contributed by atoms with Crippen molar-refractivity contribution in [2.45, 2.75) is 38.6 Å². The number of ether oxygens (including phenoxy) is 1. The first kappa shape index (κ1) is 12.6. The molecule has 1 amide bonds. The van der Waals surface area contributed by atoms with Gasteiger partial charge in [-0.05, 0) is 31.6 Å². The predicted octanol–water partition coefficient (Wildman–Crippen LogP) is 1.47. The summed E-state index contributed by atoms with van der Waals surface area (Å²) in [6, 6.07) is -0.0468. The molecule has 2 heterocycles. The Balaban J connectivity index is 1.56. The minimum atomic E-state index is -0.0468. The van der Waals surface area contributed by atoms with Gasteiger partial charge in [0.05, 0.1) is 12.6 Å². The highest BCUT2D eigenvalue weighted by atomic mass is 16.5. The number of hydrogen-bond acceptors (Lipinski definition) is 5. The van der Waals surface area contributed by atoms with Crippen molar-refractivity contribution >= 4 is 5.91 Å². The number of carbonyl (C=O) groups is 1. The van der Waals surface area contributed by atoms with Crippen LogP contribution in [0.4, 0.5) is 0 Å². The summed E-state index contributed by atoms with van der Waals surface area (Å²) in [6.07, 6.45) is 4.35. The molecule has 2 aliphatic rings. The highest BCUT2D eigenvalue weighted by Crippen LogP contribution is 2.31. The maximum Gasteiger partial charge on any atom is 0.249 e. The molecule has 6 nitrogen and oxygen atoms in total. The summed E-state index contributed by atoms with van der Waals surface area (Å²) >= 11 is 0. The Morgan fingerprint density at radius 3 is 3.00 bits per heavy atom. The van der Waals surface area contributed by atoms with E-state index in [-0.39, 0.29) is 18.6 Å². The minimum absolute atomic E-state index is 0.0330. The van der Waals surface area contributed by atoms with E-state index in [1.807, 2.05) is 4.90 Å². The molecule has 2 fully saturated rings. The van der Waals surface area contributed by atoms with Gasteiger partial charge in [-0.2, -0.15) is 4.98 Å². The van der Waals surface area contributed by atoms with E-state index in [1.165, 1.54) is 12.8 Å². The van der Waals surface area contributed by atoms with Gasteiger partial charge in [-0.25, -0.2) is 0 Å². The van der Waals surface area contributed by atoms with Crippen LogP contribution < -0.4 is 0 Å². The summed E-state index contributed by atoms with van der Waals surface area (Å²) in [5, 5.41) is 3.93. The quantitative estimate of drug-likeness (QED) is 0.806.